The minimum absolute atomic E-state index is 0.0110. The standard InChI is InChI=1S/C18H15ClFN3O2/c19-17-14(2-1-6-21-17)18(25)22-9-15-13-4-3-12(20)8-11(13)5-7-23(15)16(24)10-22/h1-4,6,8,15H,5,7,9-10H2. The van der Waals surface area contributed by atoms with Crippen LogP contribution >= 0.6 is 11.6 Å². The van der Waals surface area contributed by atoms with E-state index in [0.29, 0.717) is 19.5 Å². The van der Waals surface area contributed by atoms with Crippen LogP contribution in [0.1, 0.15) is 27.5 Å². The third-order valence-corrected chi connectivity index (χ3v) is 5.08. The summed E-state index contributed by atoms with van der Waals surface area (Å²) in [4.78, 5) is 32.5. The van der Waals surface area contributed by atoms with Gasteiger partial charge >= 0.3 is 0 Å². The summed E-state index contributed by atoms with van der Waals surface area (Å²) < 4.78 is 13.5. The SMILES string of the molecule is O=C(c1cccnc1Cl)N1CC(=O)N2CCc3cc(F)ccc3C2C1. The Labute approximate surface area is 149 Å². The van der Waals surface area contributed by atoms with Crippen molar-refractivity contribution in [3.63, 3.8) is 0 Å². The Hall–Kier alpha value is -2.47. The Balaban J connectivity index is 1.66. The van der Waals surface area contributed by atoms with Crippen molar-refractivity contribution >= 4 is 23.4 Å². The van der Waals surface area contributed by atoms with Crippen LogP contribution in [0.4, 0.5) is 4.39 Å². The number of hydrogen-bond donors (Lipinski definition) is 0. The van der Waals surface area contributed by atoms with Crippen LogP contribution in [0.15, 0.2) is 36.5 Å². The van der Waals surface area contributed by atoms with Gasteiger partial charge in [0.2, 0.25) is 5.91 Å². The minimum Gasteiger partial charge on any atom is -0.332 e. The van der Waals surface area contributed by atoms with Crippen LogP contribution in [0.3, 0.4) is 0 Å². The number of nitrogens with zero attached hydrogens (tertiary/aromatic N) is 3. The number of rotatable bonds is 1. The highest BCUT2D eigenvalue weighted by molar-refractivity contribution is 6.32. The molecule has 2 aromatic rings. The highest BCUT2D eigenvalue weighted by atomic mass is 35.5. The quantitative estimate of drug-likeness (QED) is 0.735. The van der Waals surface area contributed by atoms with E-state index in [4.69, 9.17) is 11.6 Å². The van der Waals surface area contributed by atoms with E-state index >= 15 is 0 Å². The monoisotopic (exact) mass is 359 g/mol. The zero-order chi connectivity index (χ0) is 17.6. The zero-order valence-electron chi connectivity index (χ0n) is 13.3. The van der Waals surface area contributed by atoms with Crippen molar-refractivity contribution in [1.29, 1.82) is 0 Å². The van der Waals surface area contributed by atoms with E-state index in [1.54, 1.807) is 23.1 Å². The zero-order valence-corrected chi connectivity index (χ0v) is 14.0. The minimum atomic E-state index is -0.319. The number of carbonyl (C=O) groups is 2. The summed E-state index contributed by atoms with van der Waals surface area (Å²) in [6.07, 6.45) is 2.13. The second-order valence-electron chi connectivity index (χ2n) is 6.22. The lowest BCUT2D eigenvalue weighted by Crippen LogP contribution is -2.55. The summed E-state index contributed by atoms with van der Waals surface area (Å²) in [5, 5.41) is 0.119. The normalized spacial score (nSPS) is 19.4. The van der Waals surface area contributed by atoms with Crippen LogP contribution in [-0.2, 0) is 11.2 Å². The molecule has 4 rings (SSSR count). The number of pyridine rings is 1. The maximum Gasteiger partial charge on any atom is 0.257 e. The van der Waals surface area contributed by atoms with Crippen molar-refractivity contribution in [2.75, 3.05) is 19.6 Å². The van der Waals surface area contributed by atoms with Gasteiger partial charge in [-0.3, -0.25) is 9.59 Å². The fourth-order valence-electron chi connectivity index (χ4n) is 3.57. The van der Waals surface area contributed by atoms with E-state index in [-0.39, 0.29) is 40.9 Å². The van der Waals surface area contributed by atoms with Gasteiger partial charge in [-0.1, -0.05) is 17.7 Å². The number of hydrogen-bond acceptors (Lipinski definition) is 3. The molecule has 1 unspecified atom stereocenters. The van der Waals surface area contributed by atoms with Gasteiger partial charge in [0.15, 0.2) is 0 Å². The van der Waals surface area contributed by atoms with Gasteiger partial charge in [-0.2, -0.15) is 0 Å². The van der Waals surface area contributed by atoms with E-state index in [1.807, 2.05) is 0 Å². The molecule has 2 aliphatic heterocycles. The molecular weight excluding hydrogens is 345 g/mol. The summed E-state index contributed by atoms with van der Waals surface area (Å²) in [6, 6.07) is 7.58. The molecule has 0 radical (unpaired) electrons. The van der Waals surface area contributed by atoms with E-state index < -0.39 is 0 Å². The maximum absolute atomic E-state index is 13.5. The molecule has 5 nitrogen and oxygen atoms in total. The van der Waals surface area contributed by atoms with Crippen LogP contribution in [0, 0.1) is 5.82 Å². The second-order valence-corrected chi connectivity index (χ2v) is 6.58. The first-order valence-electron chi connectivity index (χ1n) is 8.02. The second kappa shape index (κ2) is 6.11. The number of benzene rings is 1. The Morgan fingerprint density at radius 1 is 1.32 bits per heavy atom. The predicted octanol–water partition coefficient (Wildman–Crippen LogP) is 2.46. The highest BCUT2D eigenvalue weighted by Crippen LogP contribution is 2.34. The van der Waals surface area contributed by atoms with Crippen LogP contribution in [-0.4, -0.2) is 46.2 Å². The molecule has 2 aliphatic rings. The van der Waals surface area contributed by atoms with Gasteiger partial charge in [0, 0.05) is 19.3 Å². The average Bonchev–Trinajstić information content (AvgIpc) is 2.61. The summed E-state index contributed by atoms with van der Waals surface area (Å²) >= 11 is 6.01. The first-order valence-corrected chi connectivity index (χ1v) is 8.40. The van der Waals surface area contributed by atoms with Gasteiger partial charge in [-0.25, -0.2) is 9.37 Å². The number of halogens is 2. The van der Waals surface area contributed by atoms with Crippen molar-refractivity contribution in [3.05, 3.63) is 64.2 Å². The Bertz CT molecular complexity index is 873. The summed E-state index contributed by atoms with van der Waals surface area (Å²) in [5.41, 5.74) is 2.07. The highest BCUT2D eigenvalue weighted by Gasteiger charge is 2.39. The molecule has 1 saturated heterocycles. The van der Waals surface area contributed by atoms with Crippen molar-refractivity contribution in [3.8, 4) is 0 Å². The van der Waals surface area contributed by atoms with E-state index in [0.717, 1.165) is 11.1 Å². The molecule has 3 heterocycles. The van der Waals surface area contributed by atoms with Gasteiger partial charge in [-0.15, -0.1) is 0 Å². The van der Waals surface area contributed by atoms with E-state index in [2.05, 4.69) is 4.98 Å². The average molecular weight is 360 g/mol. The topological polar surface area (TPSA) is 53.5 Å². The molecule has 2 amide bonds. The molecule has 25 heavy (non-hydrogen) atoms. The van der Waals surface area contributed by atoms with Crippen LogP contribution in [0.25, 0.3) is 0 Å². The smallest absolute Gasteiger partial charge is 0.257 e. The Morgan fingerprint density at radius 2 is 2.16 bits per heavy atom. The lowest BCUT2D eigenvalue weighted by Gasteiger charge is -2.44. The fraction of sp³-hybridized carbons (Fsp3) is 0.278. The lowest BCUT2D eigenvalue weighted by molar-refractivity contribution is -0.139. The van der Waals surface area contributed by atoms with Crippen molar-refractivity contribution in [2.45, 2.75) is 12.5 Å². The van der Waals surface area contributed by atoms with Crippen molar-refractivity contribution < 1.29 is 14.0 Å². The van der Waals surface area contributed by atoms with Gasteiger partial charge in [-0.05, 0) is 41.8 Å². The third kappa shape index (κ3) is 2.76. The molecule has 1 atom stereocenters. The third-order valence-electron chi connectivity index (χ3n) is 4.78. The molecule has 0 spiro atoms. The van der Waals surface area contributed by atoms with Crippen molar-refractivity contribution in [2.24, 2.45) is 0 Å². The first kappa shape index (κ1) is 16.0. The number of piperazine rings is 1. The van der Waals surface area contributed by atoms with E-state index in [1.165, 1.54) is 23.2 Å². The van der Waals surface area contributed by atoms with Gasteiger partial charge in [0.1, 0.15) is 17.5 Å². The summed E-state index contributed by atoms with van der Waals surface area (Å²) in [6.45, 7) is 0.904. The molecule has 1 aromatic carbocycles. The van der Waals surface area contributed by atoms with Crippen LogP contribution in [0.5, 0.6) is 0 Å². The van der Waals surface area contributed by atoms with Crippen molar-refractivity contribution in [1.82, 2.24) is 14.8 Å². The molecule has 0 aliphatic carbocycles. The van der Waals surface area contributed by atoms with Gasteiger partial charge in [0.25, 0.3) is 5.91 Å². The number of amides is 2. The van der Waals surface area contributed by atoms with E-state index in [9.17, 15) is 14.0 Å². The Kier molecular flexibility index (Phi) is 3.92. The molecule has 7 heteroatoms. The molecular formula is C18H15ClFN3O2. The molecule has 0 N–H and O–H groups in total. The summed E-state index contributed by atoms with van der Waals surface area (Å²) in [7, 11) is 0. The summed E-state index contributed by atoms with van der Waals surface area (Å²) in [5.74, 6) is -0.718. The van der Waals surface area contributed by atoms with Gasteiger partial charge < -0.3 is 9.80 Å². The number of fused-ring (bicyclic) bond motifs is 3. The molecule has 1 fully saturated rings. The van der Waals surface area contributed by atoms with Crippen LogP contribution < -0.4 is 0 Å². The fourth-order valence-corrected chi connectivity index (χ4v) is 3.77. The molecule has 128 valence electrons. The lowest BCUT2D eigenvalue weighted by atomic mass is 9.90. The molecule has 1 aromatic heterocycles. The van der Waals surface area contributed by atoms with Gasteiger partial charge in [0.05, 0.1) is 11.6 Å². The number of aromatic nitrogens is 1. The Morgan fingerprint density at radius 3 is 2.96 bits per heavy atom. The number of carbonyl (C=O) groups excluding carboxylic acids is 2. The molecule has 0 bridgehead atoms. The largest absolute Gasteiger partial charge is 0.332 e. The van der Waals surface area contributed by atoms with Crippen LogP contribution in [0.2, 0.25) is 5.15 Å². The molecule has 0 saturated carbocycles. The maximum atomic E-state index is 13.5. The first-order chi connectivity index (χ1) is 12.0. The predicted molar refractivity (Wildman–Crippen MR) is 89.7 cm³/mol.